The Morgan fingerprint density at radius 3 is 2.56 bits per heavy atom. The number of ether oxygens (including phenoxy) is 5. The lowest BCUT2D eigenvalue weighted by Gasteiger charge is -2.60. The molecule has 0 spiro atoms. The van der Waals surface area contributed by atoms with Crippen LogP contribution >= 0.6 is 0 Å². The Bertz CT molecular complexity index is 1850. The topological polar surface area (TPSA) is 93.5 Å². The molecule has 4 aliphatic heterocycles. The van der Waals surface area contributed by atoms with E-state index in [-0.39, 0.29) is 31.5 Å². The van der Waals surface area contributed by atoms with Gasteiger partial charge in [-0.15, -0.1) is 0 Å². The Labute approximate surface area is 281 Å². The van der Waals surface area contributed by atoms with E-state index in [0.717, 1.165) is 44.9 Å². The molecule has 48 heavy (non-hydrogen) atoms. The summed E-state index contributed by atoms with van der Waals surface area (Å²) in [5, 5.41) is 10.9. The Morgan fingerprint density at radius 2 is 1.83 bits per heavy atom. The number of aryl methyl sites for hydroxylation is 1. The van der Waals surface area contributed by atoms with Gasteiger partial charge in [0, 0.05) is 34.9 Å². The first-order valence-corrected chi connectivity index (χ1v) is 16.4. The third-order valence-electron chi connectivity index (χ3n) is 10.5. The average Bonchev–Trinajstić information content (AvgIpc) is 3.58. The van der Waals surface area contributed by atoms with Crippen molar-refractivity contribution in [1.29, 1.82) is 5.26 Å². The summed E-state index contributed by atoms with van der Waals surface area (Å²) in [5.41, 5.74) is 8.28. The number of nitriles is 1. The molecule has 7 rings (SSSR count). The zero-order valence-electron chi connectivity index (χ0n) is 28.1. The van der Waals surface area contributed by atoms with Crippen LogP contribution in [0.2, 0.25) is 0 Å². The van der Waals surface area contributed by atoms with Gasteiger partial charge in [-0.3, -0.25) is 9.80 Å². The van der Waals surface area contributed by atoms with Crippen molar-refractivity contribution in [3.05, 3.63) is 99.6 Å². The Hall–Kier alpha value is -4.78. The summed E-state index contributed by atoms with van der Waals surface area (Å²) in [6, 6.07) is 13.3. The minimum atomic E-state index is -0.493. The molecule has 0 N–H and O–H groups in total. The number of likely N-dealkylation sites (N-methyl/N-ethyl adjacent to an activating group) is 1. The largest absolute Gasteiger partial charge is 0.496 e. The van der Waals surface area contributed by atoms with Crippen LogP contribution in [0.3, 0.4) is 0 Å². The molecule has 0 aliphatic carbocycles. The van der Waals surface area contributed by atoms with E-state index in [1.165, 1.54) is 17.2 Å². The maximum atomic E-state index is 13.2. The van der Waals surface area contributed by atoms with Crippen LogP contribution in [0.1, 0.15) is 56.6 Å². The lowest BCUT2D eigenvalue weighted by molar-refractivity contribution is -0.143. The van der Waals surface area contributed by atoms with Gasteiger partial charge in [-0.2, -0.15) is 5.26 Å². The van der Waals surface area contributed by atoms with Gasteiger partial charge in [0.1, 0.15) is 30.8 Å². The number of carbonyl (C=O) groups is 1. The maximum absolute atomic E-state index is 13.2. The van der Waals surface area contributed by atoms with Gasteiger partial charge in [-0.25, -0.2) is 4.79 Å². The van der Waals surface area contributed by atoms with Crippen molar-refractivity contribution in [2.75, 3.05) is 34.2 Å². The number of carbonyl (C=O) groups excluding carboxylic acids is 1. The fraction of sp³-hybridized carbons (Fsp3) is 0.385. The third kappa shape index (κ3) is 5.02. The highest BCUT2D eigenvalue weighted by Crippen LogP contribution is 2.57. The molecule has 248 valence electrons. The number of esters is 1. The molecule has 3 aromatic carbocycles. The number of rotatable bonds is 8. The molecule has 4 aliphatic rings. The molecule has 1 unspecified atom stereocenters. The monoisotopic (exact) mass is 647 g/mol. The summed E-state index contributed by atoms with van der Waals surface area (Å²) in [6.45, 7) is 10.5. The predicted molar refractivity (Wildman–Crippen MR) is 181 cm³/mol. The number of hydrogen-bond acceptors (Lipinski definition) is 9. The van der Waals surface area contributed by atoms with E-state index in [4.69, 9.17) is 23.7 Å². The van der Waals surface area contributed by atoms with Crippen LogP contribution < -0.4 is 18.9 Å². The first-order valence-electron chi connectivity index (χ1n) is 16.4. The van der Waals surface area contributed by atoms with E-state index in [9.17, 15) is 10.1 Å². The van der Waals surface area contributed by atoms with Gasteiger partial charge in [0.2, 0.25) is 6.79 Å². The third-order valence-corrected chi connectivity index (χ3v) is 10.5. The zero-order chi connectivity index (χ0) is 33.7. The van der Waals surface area contributed by atoms with E-state index in [1.54, 1.807) is 19.3 Å². The summed E-state index contributed by atoms with van der Waals surface area (Å²) >= 11 is 0. The van der Waals surface area contributed by atoms with Crippen LogP contribution in [0, 0.1) is 32.1 Å². The molecule has 9 heteroatoms. The fourth-order valence-electron chi connectivity index (χ4n) is 8.60. The SMILES string of the molecule is C=CCOc1c(C)c2c(c3c1CC1[C@H]4c5c(cc(C)c(OC)c5C)C[C@@H]([C@H](C#N)N1[C@H]3COC(=O)/C=C/c1ccccc1)N4C)OCO2. The highest BCUT2D eigenvalue weighted by atomic mass is 16.7. The van der Waals surface area contributed by atoms with E-state index in [2.05, 4.69) is 49.4 Å². The first-order chi connectivity index (χ1) is 23.3. The van der Waals surface area contributed by atoms with Crippen LogP contribution in [-0.4, -0.2) is 68.1 Å². The first kappa shape index (κ1) is 31.8. The molecule has 0 saturated carbocycles. The second-order valence-corrected chi connectivity index (χ2v) is 13.0. The summed E-state index contributed by atoms with van der Waals surface area (Å²) < 4.78 is 30.5. The number of hydrogen-bond donors (Lipinski definition) is 0. The maximum Gasteiger partial charge on any atom is 0.330 e. The average molecular weight is 648 g/mol. The lowest BCUT2D eigenvalue weighted by Crippen LogP contribution is -2.68. The van der Waals surface area contributed by atoms with Gasteiger partial charge in [0.25, 0.3) is 0 Å². The summed E-state index contributed by atoms with van der Waals surface area (Å²) in [6.07, 6.45) is 6.22. The smallest absolute Gasteiger partial charge is 0.330 e. The predicted octanol–water partition coefficient (Wildman–Crippen LogP) is 5.94. The Morgan fingerprint density at radius 1 is 1.06 bits per heavy atom. The van der Waals surface area contributed by atoms with Gasteiger partial charge in [0.15, 0.2) is 11.5 Å². The molecule has 5 atom stereocenters. The van der Waals surface area contributed by atoms with Crippen LogP contribution in [0.15, 0.2) is 55.1 Å². The van der Waals surface area contributed by atoms with E-state index < -0.39 is 18.1 Å². The summed E-state index contributed by atoms with van der Waals surface area (Å²) in [7, 11) is 3.85. The molecular weight excluding hydrogens is 606 g/mol. The second-order valence-electron chi connectivity index (χ2n) is 13.0. The Balaban J connectivity index is 1.39. The number of benzene rings is 3. The Kier molecular flexibility index (Phi) is 8.40. The summed E-state index contributed by atoms with van der Waals surface area (Å²) in [4.78, 5) is 17.9. The molecule has 2 bridgehead atoms. The van der Waals surface area contributed by atoms with Crippen molar-refractivity contribution in [2.45, 2.75) is 63.8 Å². The molecule has 9 nitrogen and oxygen atoms in total. The highest BCUT2D eigenvalue weighted by molar-refractivity contribution is 5.87. The molecule has 1 fully saturated rings. The highest BCUT2D eigenvalue weighted by Gasteiger charge is 2.56. The van der Waals surface area contributed by atoms with Crippen LogP contribution in [0.4, 0.5) is 0 Å². The molecule has 0 amide bonds. The van der Waals surface area contributed by atoms with Crippen molar-refractivity contribution < 1.29 is 28.5 Å². The van der Waals surface area contributed by atoms with Crippen LogP contribution in [0.25, 0.3) is 6.08 Å². The van der Waals surface area contributed by atoms with E-state index in [1.807, 2.05) is 37.3 Å². The fourth-order valence-corrected chi connectivity index (χ4v) is 8.60. The molecule has 4 heterocycles. The van der Waals surface area contributed by atoms with Gasteiger partial charge >= 0.3 is 5.97 Å². The van der Waals surface area contributed by atoms with Crippen molar-refractivity contribution in [2.24, 2.45) is 0 Å². The van der Waals surface area contributed by atoms with Crippen molar-refractivity contribution in [3.63, 3.8) is 0 Å². The van der Waals surface area contributed by atoms with Crippen molar-refractivity contribution >= 4 is 12.0 Å². The van der Waals surface area contributed by atoms with Gasteiger partial charge in [-0.05, 0) is 74.6 Å². The molecular formula is C39H41N3O6. The normalized spacial score (nSPS) is 23.9. The van der Waals surface area contributed by atoms with Gasteiger partial charge < -0.3 is 23.7 Å². The zero-order valence-corrected chi connectivity index (χ0v) is 28.1. The number of fused-ring (bicyclic) bond motifs is 9. The molecule has 0 aromatic heterocycles. The standard InChI is InChI=1S/C39H41N3O6/c1-7-15-45-37-24(4)38-39(48-21-47-38)34-27(37)18-29-35-33-23(3)36(44-6)22(2)16-26(33)17-28(41(35)5)30(19-40)42(29)31(34)20-46-32(43)14-13-25-11-9-8-10-12-25/h7-14,16,28-31,35H,1,15,17-18,20-21H2,2-6H3/b14-13+/t28-,29?,30-,31-,35-/m0/s1. The number of piperazine rings is 1. The van der Waals surface area contributed by atoms with E-state index in [0.29, 0.717) is 30.9 Å². The van der Waals surface area contributed by atoms with Crippen LogP contribution in [0.5, 0.6) is 23.0 Å². The minimum Gasteiger partial charge on any atom is -0.496 e. The number of nitrogens with zero attached hydrogens (tertiary/aromatic N) is 3. The van der Waals surface area contributed by atoms with E-state index >= 15 is 0 Å². The van der Waals surface area contributed by atoms with Crippen molar-refractivity contribution in [1.82, 2.24) is 9.80 Å². The van der Waals surface area contributed by atoms with Gasteiger partial charge in [-0.1, -0.05) is 49.1 Å². The van der Waals surface area contributed by atoms with Gasteiger partial charge in [0.05, 0.1) is 25.3 Å². The molecule has 1 saturated heterocycles. The van der Waals surface area contributed by atoms with Crippen LogP contribution in [-0.2, 0) is 22.4 Å². The molecule has 3 aromatic rings. The van der Waals surface area contributed by atoms with Crippen molar-refractivity contribution in [3.8, 4) is 29.1 Å². The minimum absolute atomic E-state index is 0.0195. The quantitative estimate of drug-likeness (QED) is 0.167. The lowest BCUT2D eigenvalue weighted by atomic mass is 9.71. The number of methoxy groups -OCH3 is 1. The second kappa shape index (κ2) is 12.7. The summed E-state index contributed by atoms with van der Waals surface area (Å²) in [5.74, 6) is 2.39. The molecule has 0 radical (unpaired) electrons.